The Morgan fingerprint density at radius 3 is 2.54 bits per heavy atom. The van der Waals surface area contributed by atoms with Crippen LogP contribution < -0.4 is 11.3 Å². The van der Waals surface area contributed by atoms with Crippen molar-refractivity contribution in [1.82, 2.24) is 19.8 Å². The standard InChI is InChI=1S/C20H25N5O3/c1-4-16(24(2)3)20(28)25-10-9-14-15(11-25)22-18(23-19(14)27)13-7-5-12(6-8-13)17(21)26/h5-8,16H,4,9-11H2,1-3H3,(H2,21,26)(H,22,23,27)/t16-/m1/s1. The molecule has 1 aromatic carbocycles. The van der Waals surface area contributed by atoms with E-state index in [4.69, 9.17) is 5.73 Å². The average molecular weight is 383 g/mol. The number of nitrogens with two attached hydrogens (primary N) is 1. The highest BCUT2D eigenvalue weighted by molar-refractivity contribution is 5.93. The number of hydrogen-bond acceptors (Lipinski definition) is 5. The highest BCUT2D eigenvalue weighted by Crippen LogP contribution is 2.20. The molecule has 2 aromatic rings. The lowest BCUT2D eigenvalue weighted by atomic mass is 10.0. The van der Waals surface area contributed by atoms with Gasteiger partial charge in [0.15, 0.2) is 0 Å². The molecule has 0 aliphatic carbocycles. The van der Waals surface area contributed by atoms with E-state index in [2.05, 4.69) is 9.97 Å². The van der Waals surface area contributed by atoms with Gasteiger partial charge < -0.3 is 15.6 Å². The molecular formula is C20H25N5O3. The number of aromatic amines is 1. The molecule has 1 aliphatic heterocycles. The van der Waals surface area contributed by atoms with Crippen LogP contribution in [0.15, 0.2) is 29.1 Å². The van der Waals surface area contributed by atoms with Crippen molar-refractivity contribution < 1.29 is 9.59 Å². The molecule has 1 atom stereocenters. The predicted octanol–water partition coefficient (Wildman–Crippen LogP) is 0.761. The Labute approximate surface area is 163 Å². The highest BCUT2D eigenvalue weighted by Gasteiger charge is 2.29. The third-order valence-electron chi connectivity index (χ3n) is 5.12. The van der Waals surface area contributed by atoms with E-state index in [1.54, 1.807) is 29.2 Å². The zero-order chi connectivity index (χ0) is 20.4. The summed E-state index contributed by atoms with van der Waals surface area (Å²) >= 11 is 0. The van der Waals surface area contributed by atoms with E-state index < -0.39 is 5.91 Å². The summed E-state index contributed by atoms with van der Waals surface area (Å²) in [6.07, 6.45) is 1.20. The molecule has 0 saturated heterocycles. The van der Waals surface area contributed by atoms with Crippen molar-refractivity contribution in [2.24, 2.45) is 5.73 Å². The average Bonchev–Trinajstić information content (AvgIpc) is 2.67. The molecular weight excluding hydrogens is 358 g/mol. The van der Waals surface area contributed by atoms with E-state index in [1.807, 2.05) is 25.9 Å². The zero-order valence-electron chi connectivity index (χ0n) is 16.4. The van der Waals surface area contributed by atoms with Gasteiger partial charge in [0.1, 0.15) is 5.82 Å². The number of rotatable bonds is 5. The Bertz CT molecular complexity index is 949. The van der Waals surface area contributed by atoms with Crippen LogP contribution in [0.5, 0.6) is 0 Å². The largest absolute Gasteiger partial charge is 0.366 e. The summed E-state index contributed by atoms with van der Waals surface area (Å²) < 4.78 is 0. The summed E-state index contributed by atoms with van der Waals surface area (Å²) in [6, 6.07) is 6.38. The first-order chi connectivity index (χ1) is 13.3. The van der Waals surface area contributed by atoms with Crippen LogP contribution in [0.2, 0.25) is 0 Å². The van der Waals surface area contributed by atoms with Crippen LogP contribution in [-0.2, 0) is 17.8 Å². The van der Waals surface area contributed by atoms with Gasteiger partial charge in [0, 0.05) is 23.2 Å². The third-order valence-corrected chi connectivity index (χ3v) is 5.12. The van der Waals surface area contributed by atoms with Gasteiger partial charge in [-0.1, -0.05) is 19.1 Å². The number of likely N-dealkylation sites (N-methyl/N-ethyl adjacent to an activating group) is 1. The Morgan fingerprint density at radius 2 is 1.96 bits per heavy atom. The zero-order valence-corrected chi connectivity index (χ0v) is 16.4. The molecule has 148 valence electrons. The number of primary amides is 1. The number of nitrogens with zero attached hydrogens (tertiary/aromatic N) is 3. The van der Waals surface area contributed by atoms with Gasteiger partial charge in [0.25, 0.3) is 5.56 Å². The molecule has 3 N–H and O–H groups in total. The summed E-state index contributed by atoms with van der Waals surface area (Å²) in [6.45, 7) is 2.81. The van der Waals surface area contributed by atoms with Crippen LogP contribution in [0.4, 0.5) is 0 Å². The number of nitrogens with one attached hydrogen (secondary N) is 1. The summed E-state index contributed by atoms with van der Waals surface area (Å²) in [5, 5.41) is 0. The number of carbonyl (C=O) groups excluding carboxylic acids is 2. The van der Waals surface area contributed by atoms with Gasteiger partial charge >= 0.3 is 0 Å². The van der Waals surface area contributed by atoms with Crippen LogP contribution >= 0.6 is 0 Å². The molecule has 0 fully saturated rings. The first kappa shape index (κ1) is 19.8. The molecule has 0 spiro atoms. The molecule has 3 rings (SSSR count). The molecule has 2 heterocycles. The van der Waals surface area contributed by atoms with E-state index in [-0.39, 0.29) is 17.5 Å². The minimum absolute atomic E-state index is 0.0487. The van der Waals surface area contributed by atoms with Gasteiger partial charge in [-0.2, -0.15) is 0 Å². The molecule has 0 bridgehead atoms. The maximum atomic E-state index is 12.8. The van der Waals surface area contributed by atoms with E-state index in [1.165, 1.54) is 0 Å². The van der Waals surface area contributed by atoms with Crippen molar-refractivity contribution in [2.45, 2.75) is 32.4 Å². The quantitative estimate of drug-likeness (QED) is 0.792. The van der Waals surface area contributed by atoms with Gasteiger partial charge in [-0.05, 0) is 39.1 Å². The SMILES string of the molecule is CC[C@H](C(=O)N1CCc2c(nc(-c3ccc(C(N)=O)cc3)[nH]c2=O)C1)N(C)C. The van der Waals surface area contributed by atoms with Crippen molar-refractivity contribution in [3.8, 4) is 11.4 Å². The molecule has 0 unspecified atom stereocenters. The Balaban J connectivity index is 1.90. The van der Waals surface area contributed by atoms with E-state index in [9.17, 15) is 14.4 Å². The molecule has 0 saturated carbocycles. The van der Waals surface area contributed by atoms with E-state index in [0.717, 1.165) is 6.42 Å². The number of amides is 2. The molecule has 8 nitrogen and oxygen atoms in total. The summed E-state index contributed by atoms with van der Waals surface area (Å²) in [7, 11) is 3.78. The molecule has 2 amide bonds. The van der Waals surface area contributed by atoms with E-state index >= 15 is 0 Å². The fourth-order valence-electron chi connectivity index (χ4n) is 3.53. The van der Waals surface area contributed by atoms with Crippen LogP contribution in [0.3, 0.4) is 0 Å². The van der Waals surface area contributed by atoms with Crippen molar-refractivity contribution in [2.75, 3.05) is 20.6 Å². The highest BCUT2D eigenvalue weighted by atomic mass is 16.2. The maximum absolute atomic E-state index is 12.8. The molecule has 8 heteroatoms. The summed E-state index contributed by atoms with van der Waals surface area (Å²) in [4.78, 5) is 47.7. The molecule has 0 radical (unpaired) electrons. The predicted molar refractivity (Wildman–Crippen MR) is 106 cm³/mol. The van der Waals surface area contributed by atoms with Crippen LogP contribution in [-0.4, -0.2) is 58.3 Å². The van der Waals surface area contributed by atoms with Crippen molar-refractivity contribution >= 4 is 11.8 Å². The minimum atomic E-state index is -0.515. The lowest BCUT2D eigenvalue weighted by Gasteiger charge is -2.33. The minimum Gasteiger partial charge on any atom is -0.366 e. The molecule has 1 aliphatic rings. The second kappa shape index (κ2) is 7.93. The smallest absolute Gasteiger partial charge is 0.254 e. The number of aromatic nitrogens is 2. The third kappa shape index (κ3) is 3.82. The van der Waals surface area contributed by atoms with Gasteiger partial charge in [-0.3, -0.25) is 19.3 Å². The lowest BCUT2D eigenvalue weighted by molar-refractivity contribution is -0.137. The number of hydrogen-bond donors (Lipinski definition) is 2. The molecule has 28 heavy (non-hydrogen) atoms. The topological polar surface area (TPSA) is 112 Å². The summed E-state index contributed by atoms with van der Waals surface area (Å²) in [5.41, 5.74) is 7.38. The number of carbonyl (C=O) groups is 2. The molecule has 1 aromatic heterocycles. The summed E-state index contributed by atoms with van der Waals surface area (Å²) in [5.74, 6) is -0.0553. The van der Waals surface area contributed by atoms with Gasteiger partial charge in [-0.15, -0.1) is 0 Å². The number of H-pyrrole nitrogens is 1. The first-order valence-corrected chi connectivity index (χ1v) is 9.29. The lowest BCUT2D eigenvalue weighted by Crippen LogP contribution is -2.48. The van der Waals surface area contributed by atoms with Crippen LogP contribution in [0.25, 0.3) is 11.4 Å². The number of benzene rings is 1. The van der Waals surface area contributed by atoms with Gasteiger partial charge in [0.2, 0.25) is 11.8 Å². The number of fused-ring (bicyclic) bond motifs is 1. The Kier molecular flexibility index (Phi) is 5.60. The van der Waals surface area contributed by atoms with Crippen molar-refractivity contribution in [3.63, 3.8) is 0 Å². The second-order valence-electron chi connectivity index (χ2n) is 7.18. The fourth-order valence-corrected chi connectivity index (χ4v) is 3.53. The van der Waals surface area contributed by atoms with Gasteiger partial charge in [-0.25, -0.2) is 4.98 Å². The maximum Gasteiger partial charge on any atom is 0.254 e. The van der Waals surface area contributed by atoms with Crippen LogP contribution in [0, 0.1) is 0 Å². The second-order valence-corrected chi connectivity index (χ2v) is 7.18. The van der Waals surface area contributed by atoms with Crippen molar-refractivity contribution in [1.29, 1.82) is 0 Å². The van der Waals surface area contributed by atoms with Crippen LogP contribution in [0.1, 0.15) is 35.0 Å². The first-order valence-electron chi connectivity index (χ1n) is 9.29. The monoisotopic (exact) mass is 383 g/mol. The van der Waals surface area contributed by atoms with E-state index in [0.29, 0.717) is 47.7 Å². The normalized spacial score (nSPS) is 14.6. The van der Waals surface area contributed by atoms with Crippen molar-refractivity contribution in [3.05, 3.63) is 51.4 Å². The Hall–Kier alpha value is -3.00. The fraction of sp³-hybridized carbons (Fsp3) is 0.400. The van der Waals surface area contributed by atoms with Gasteiger partial charge in [0.05, 0.1) is 18.3 Å². The Morgan fingerprint density at radius 1 is 1.29 bits per heavy atom.